The first-order chi connectivity index (χ1) is 8.65. The lowest BCUT2D eigenvalue weighted by atomic mass is 9.98. The largest absolute Gasteiger partial charge is 0.367 e. The van der Waals surface area contributed by atoms with Gasteiger partial charge in [-0.1, -0.05) is 13.8 Å². The van der Waals surface area contributed by atoms with Gasteiger partial charge in [0.1, 0.15) is 12.1 Å². The average molecular weight is 247 g/mol. The van der Waals surface area contributed by atoms with Crippen molar-refractivity contribution in [3.8, 4) is 0 Å². The Morgan fingerprint density at radius 1 is 1.44 bits per heavy atom. The topological polar surface area (TPSA) is 75.1 Å². The van der Waals surface area contributed by atoms with Gasteiger partial charge < -0.3 is 5.32 Å². The van der Waals surface area contributed by atoms with Crippen LogP contribution in [-0.4, -0.2) is 25.6 Å². The monoisotopic (exact) mass is 247 g/mol. The number of aromatic nitrogens is 4. The molecular formula is C12H17N5O. The molecule has 1 fully saturated rings. The molecule has 1 aliphatic carbocycles. The molecule has 0 aliphatic heterocycles. The number of H-pyrrole nitrogens is 1. The maximum atomic E-state index is 11.3. The Labute approximate surface area is 104 Å². The molecule has 3 rings (SSSR count). The summed E-state index contributed by atoms with van der Waals surface area (Å²) in [6, 6.07) is 2.26. The van der Waals surface area contributed by atoms with Crippen LogP contribution in [0.4, 0.5) is 5.82 Å². The number of fused-ring (bicyclic) bond motifs is 1. The van der Waals surface area contributed by atoms with Crippen LogP contribution in [-0.2, 0) is 0 Å². The fraction of sp³-hybridized carbons (Fsp3) is 0.583. The molecule has 0 aromatic carbocycles. The molecule has 6 nitrogen and oxygen atoms in total. The fourth-order valence-corrected chi connectivity index (χ4v) is 2.65. The van der Waals surface area contributed by atoms with Crippen molar-refractivity contribution in [2.24, 2.45) is 11.8 Å². The number of aromatic amines is 1. The summed E-state index contributed by atoms with van der Waals surface area (Å²) in [5.41, 5.74) is 0.336. The molecule has 0 bridgehead atoms. The van der Waals surface area contributed by atoms with E-state index >= 15 is 0 Å². The number of nitrogens with zero attached hydrogens (tertiary/aromatic N) is 3. The van der Waals surface area contributed by atoms with Crippen molar-refractivity contribution in [3.05, 3.63) is 22.9 Å². The van der Waals surface area contributed by atoms with E-state index in [2.05, 4.69) is 34.3 Å². The van der Waals surface area contributed by atoms with Crippen LogP contribution in [0, 0.1) is 11.8 Å². The summed E-state index contributed by atoms with van der Waals surface area (Å²) in [5.74, 6) is 2.18. The summed E-state index contributed by atoms with van der Waals surface area (Å²) < 4.78 is 1.39. The minimum atomic E-state index is -0.257. The molecule has 0 radical (unpaired) electrons. The maximum absolute atomic E-state index is 11.3. The van der Waals surface area contributed by atoms with Crippen LogP contribution in [0.1, 0.15) is 26.7 Å². The zero-order chi connectivity index (χ0) is 12.7. The van der Waals surface area contributed by atoms with E-state index < -0.39 is 0 Å². The number of hydrogen-bond acceptors (Lipinski definition) is 4. The Kier molecular flexibility index (Phi) is 2.57. The van der Waals surface area contributed by atoms with Gasteiger partial charge in [0.05, 0.1) is 0 Å². The quantitative estimate of drug-likeness (QED) is 0.838. The average Bonchev–Trinajstić information content (AvgIpc) is 2.88. The van der Waals surface area contributed by atoms with Crippen molar-refractivity contribution in [1.82, 2.24) is 19.6 Å². The van der Waals surface area contributed by atoms with Crippen LogP contribution in [0.2, 0.25) is 0 Å². The Morgan fingerprint density at radius 3 is 3.00 bits per heavy atom. The van der Waals surface area contributed by atoms with Gasteiger partial charge in [0.15, 0.2) is 5.65 Å². The summed E-state index contributed by atoms with van der Waals surface area (Å²) in [6.07, 6.45) is 3.93. The molecule has 18 heavy (non-hydrogen) atoms. The predicted octanol–water partition coefficient (Wildman–Crippen LogP) is 1.26. The molecule has 2 N–H and O–H groups in total. The molecule has 0 amide bonds. The highest BCUT2D eigenvalue weighted by atomic mass is 16.1. The van der Waals surface area contributed by atoms with Crippen molar-refractivity contribution in [3.63, 3.8) is 0 Å². The lowest BCUT2D eigenvalue weighted by Crippen LogP contribution is -2.24. The van der Waals surface area contributed by atoms with E-state index in [1.807, 2.05) is 0 Å². The van der Waals surface area contributed by atoms with Gasteiger partial charge in [-0.05, 0) is 24.7 Å². The Balaban J connectivity index is 1.85. The SMILES string of the molecule is CC1CCC(Nc2cc3n[nH]c(=O)n3cn2)C1C. The molecule has 3 atom stereocenters. The third kappa shape index (κ3) is 1.77. The highest BCUT2D eigenvalue weighted by Gasteiger charge is 2.29. The zero-order valence-corrected chi connectivity index (χ0v) is 10.6. The Bertz CT molecular complexity index is 616. The van der Waals surface area contributed by atoms with E-state index in [1.54, 1.807) is 6.07 Å². The predicted molar refractivity (Wildman–Crippen MR) is 68.6 cm³/mol. The standard InChI is InChI=1S/C12H17N5O/c1-7-3-4-9(8(7)2)14-10-5-11-15-16-12(18)17(11)6-13-10/h5-9,14H,3-4H2,1-2H3,(H,16,18). The van der Waals surface area contributed by atoms with E-state index in [9.17, 15) is 4.79 Å². The van der Waals surface area contributed by atoms with Gasteiger partial charge in [-0.2, -0.15) is 5.10 Å². The van der Waals surface area contributed by atoms with E-state index in [0.29, 0.717) is 17.6 Å². The molecule has 1 aliphatic rings. The second-order valence-corrected chi connectivity index (χ2v) is 5.20. The fourth-order valence-electron chi connectivity index (χ4n) is 2.65. The number of nitrogens with one attached hydrogen (secondary N) is 2. The smallest absolute Gasteiger partial charge is 0.348 e. The third-order valence-corrected chi connectivity index (χ3v) is 4.11. The van der Waals surface area contributed by atoms with E-state index in [0.717, 1.165) is 11.7 Å². The lowest BCUT2D eigenvalue weighted by molar-refractivity contribution is 0.435. The van der Waals surface area contributed by atoms with Gasteiger partial charge in [0.25, 0.3) is 0 Å². The minimum absolute atomic E-state index is 0.257. The summed E-state index contributed by atoms with van der Waals surface area (Å²) >= 11 is 0. The van der Waals surface area contributed by atoms with Crippen LogP contribution in [0.3, 0.4) is 0 Å². The Hall–Kier alpha value is -1.85. The van der Waals surface area contributed by atoms with Crippen molar-refractivity contribution < 1.29 is 0 Å². The summed E-state index contributed by atoms with van der Waals surface area (Å²) in [7, 11) is 0. The zero-order valence-electron chi connectivity index (χ0n) is 10.6. The van der Waals surface area contributed by atoms with Crippen LogP contribution in [0.25, 0.3) is 5.65 Å². The first-order valence-electron chi connectivity index (χ1n) is 6.34. The molecule has 3 unspecified atom stereocenters. The first-order valence-corrected chi connectivity index (χ1v) is 6.34. The maximum Gasteiger partial charge on any atom is 0.348 e. The normalized spacial score (nSPS) is 27.8. The molecule has 0 saturated heterocycles. The molecular weight excluding hydrogens is 230 g/mol. The van der Waals surface area contributed by atoms with Crippen molar-refractivity contribution in [2.75, 3.05) is 5.32 Å². The van der Waals surface area contributed by atoms with E-state index in [1.165, 1.54) is 23.6 Å². The highest BCUT2D eigenvalue weighted by molar-refractivity contribution is 5.48. The molecule has 0 spiro atoms. The molecule has 2 aromatic heterocycles. The summed E-state index contributed by atoms with van der Waals surface area (Å²) in [4.78, 5) is 15.6. The summed E-state index contributed by atoms with van der Waals surface area (Å²) in [5, 5.41) is 9.78. The van der Waals surface area contributed by atoms with Gasteiger partial charge in [-0.25, -0.2) is 19.3 Å². The second kappa shape index (κ2) is 4.12. The van der Waals surface area contributed by atoms with Gasteiger partial charge in [0.2, 0.25) is 0 Å². The third-order valence-electron chi connectivity index (χ3n) is 4.11. The van der Waals surface area contributed by atoms with Crippen LogP contribution < -0.4 is 11.0 Å². The van der Waals surface area contributed by atoms with Crippen molar-refractivity contribution in [2.45, 2.75) is 32.7 Å². The molecule has 2 heterocycles. The number of hydrogen-bond donors (Lipinski definition) is 2. The summed E-state index contributed by atoms with van der Waals surface area (Å²) in [6.45, 7) is 4.56. The molecule has 1 saturated carbocycles. The van der Waals surface area contributed by atoms with E-state index in [4.69, 9.17) is 0 Å². The van der Waals surface area contributed by atoms with Crippen LogP contribution in [0.5, 0.6) is 0 Å². The molecule has 96 valence electrons. The number of rotatable bonds is 2. The van der Waals surface area contributed by atoms with Gasteiger partial charge in [-0.15, -0.1) is 0 Å². The van der Waals surface area contributed by atoms with Gasteiger partial charge in [-0.3, -0.25) is 0 Å². The molecule has 2 aromatic rings. The van der Waals surface area contributed by atoms with Gasteiger partial charge >= 0.3 is 5.69 Å². The van der Waals surface area contributed by atoms with Crippen molar-refractivity contribution in [1.29, 1.82) is 0 Å². The molecule has 6 heteroatoms. The Morgan fingerprint density at radius 2 is 2.28 bits per heavy atom. The highest BCUT2D eigenvalue weighted by Crippen LogP contribution is 2.32. The lowest BCUT2D eigenvalue weighted by Gasteiger charge is -2.20. The van der Waals surface area contributed by atoms with Crippen LogP contribution >= 0.6 is 0 Å². The minimum Gasteiger partial charge on any atom is -0.367 e. The van der Waals surface area contributed by atoms with Gasteiger partial charge in [0, 0.05) is 12.1 Å². The number of anilines is 1. The van der Waals surface area contributed by atoms with Crippen LogP contribution in [0.15, 0.2) is 17.2 Å². The first kappa shape index (κ1) is 11.3. The second-order valence-electron chi connectivity index (χ2n) is 5.20. The van der Waals surface area contributed by atoms with Crippen molar-refractivity contribution >= 4 is 11.5 Å². The van der Waals surface area contributed by atoms with E-state index in [-0.39, 0.29) is 5.69 Å².